The molecule has 0 aromatic heterocycles. The number of nitrogens with zero attached hydrogens (tertiary/aromatic N) is 2. The van der Waals surface area contributed by atoms with Crippen LogP contribution in [-0.4, -0.2) is 38.0 Å². The lowest BCUT2D eigenvalue weighted by Crippen LogP contribution is -2.48. The first-order valence-corrected chi connectivity index (χ1v) is 7.53. The summed E-state index contributed by atoms with van der Waals surface area (Å²) >= 11 is 0. The van der Waals surface area contributed by atoms with E-state index in [1.165, 1.54) is 16.4 Å². The van der Waals surface area contributed by atoms with Crippen molar-refractivity contribution in [2.24, 2.45) is 0 Å². The lowest BCUT2D eigenvalue weighted by molar-refractivity contribution is -0.0440. The van der Waals surface area contributed by atoms with Gasteiger partial charge in [-0.2, -0.15) is 9.57 Å². The number of nitriles is 1. The Labute approximate surface area is 113 Å². The first-order valence-electron chi connectivity index (χ1n) is 6.09. The Morgan fingerprint density at radius 3 is 2.53 bits per heavy atom. The normalized spacial score (nSPS) is 24.9. The average molecular weight is 280 g/mol. The fraction of sp³-hybridized carbons (Fsp3) is 0.462. The number of benzene rings is 1. The van der Waals surface area contributed by atoms with E-state index in [9.17, 15) is 8.42 Å². The van der Waals surface area contributed by atoms with Crippen molar-refractivity contribution in [3.63, 3.8) is 0 Å². The van der Waals surface area contributed by atoms with Crippen molar-refractivity contribution in [2.75, 3.05) is 13.1 Å². The number of ether oxygens (including phenoxy) is 1. The molecule has 0 amide bonds. The second-order valence-electron chi connectivity index (χ2n) is 4.72. The van der Waals surface area contributed by atoms with Gasteiger partial charge in [0.15, 0.2) is 0 Å². The Kier molecular flexibility index (Phi) is 3.90. The molecule has 0 radical (unpaired) electrons. The molecule has 1 aromatic carbocycles. The summed E-state index contributed by atoms with van der Waals surface area (Å²) in [6.07, 6.45) is -0.254. The van der Waals surface area contributed by atoms with Crippen LogP contribution in [0.15, 0.2) is 29.2 Å². The lowest BCUT2D eigenvalue weighted by atomic mass is 10.2. The molecule has 6 heteroatoms. The Balaban J connectivity index is 2.34. The summed E-state index contributed by atoms with van der Waals surface area (Å²) in [4.78, 5) is 0.160. The van der Waals surface area contributed by atoms with Crippen LogP contribution in [0.3, 0.4) is 0 Å². The third kappa shape index (κ3) is 2.95. The molecule has 1 aliphatic rings. The van der Waals surface area contributed by atoms with Gasteiger partial charge in [-0.25, -0.2) is 8.42 Å². The maximum Gasteiger partial charge on any atom is 0.243 e. The number of morpholine rings is 1. The van der Waals surface area contributed by atoms with Crippen LogP contribution in [0.4, 0.5) is 0 Å². The minimum absolute atomic E-state index is 0.127. The van der Waals surface area contributed by atoms with Gasteiger partial charge in [-0.1, -0.05) is 6.07 Å². The minimum atomic E-state index is -3.56. The number of sulfonamides is 1. The van der Waals surface area contributed by atoms with Gasteiger partial charge in [0.25, 0.3) is 0 Å². The van der Waals surface area contributed by atoms with Crippen molar-refractivity contribution < 1.29 is 13.2 Å². The second kappa shape index (κ2) is 5.29. The molecule has 2 atom stereocenters. The summed E-state index contributed by atoms with van der Waals surface area (Å²) in [5.41, 5.74) is 0.343. The molecule has 0 spiro atoms. The van der Waals surface area contributed by atoms with E-state index in [1.807, 2.05) is 19.9 Å². The van der Waals surface area contributed by atoms with Crippen LogP contribution in [0.25, 0.3) is 0 Å². The van der Waals surface area contributed by atoms with Crippen LogP contribution < -0.4 is 0 Å². The average Bonchev–Trinajstić information content (AvgIpc) is 2.37. The van der Waals surface area contributed by atoms with Gasteiger partial charge < -0.3 is 4.74 Å². The van der Waals surface area contributed by atoms with Crippen molar-refractivity contribution in [1.29, 1.82) is 5.26 Å². The van der Waals surface area contributed by atoms with Crippen molar-refractivity contribution in [3.8, 4) is 6.07 Å². The Bertz CT molecular complexity index is 597. The predicted octanol–water partition coefficient (Wildman–Crippen LogP) is 1.36. The van der Waals surface area contributed by atoms with Crippen molar-refractivity contribution in [2.45, 2.75) is 31.0 Å². The molecule has 19 heavy (non-hydrogen) atoms. The molecule has 5 nitrogen and oxygen atoms in total. The highest BCUT2D eigenvalue weighted by Crippen LogP contribution is 2.21. The molecule has 0 N–H and O–H groups in total. The Morgan fingerprint density at radius 2 is 1.95 bits per heavy atom. The largest absolute Gasteiger partial charge is 0.373 e. The molecule has 1 fully saturated rings. The predicted molar refractivity (Wildman–Crippen MR) is 69.9 cm³/mol. The van der Waals surface area contributed by atoms with Gasteiger partial charge in [-0.05, 0) is 32.0 Å². The molecule has 1 aromatic rings. The summed E-state index contributed by atoms with van der Waals surface area (Å²) in [5, 5.41) is 8.84. The summed E-state index contributed by atoms with van der Waals surface area (Å²) in [5.74, 6) is 0. The molecule has 0 saturated carbocycles. The number of rotatable bonds is 2. The van der Waals surface area contributed by atoms with Gasteiger partial charge in [0.05, 0.1) is 28.7 Å². The maximum atomic E-state index is 12.5. The van der Waals surface area contributed by atoms with Crippen LogP contribution >= 0.6 is 0 Å². The zero-order valence-electron chi connectivity index (χ0n) is 10.9. The zero-order chi connectivity index (χ0) is 14.0. The zero-order valence-corrected chi connectivity index (χ0v) is 11.7. The fourth-order valence-corrected chi connectivity index (χ4v) is 3.84. The lowest BCUT2D eigenvalue weighted by Gasteiger charge is -2.34. The highest BCUT2D eigenvalue weighted by molar-refractivity contribution is 7.89. The van der Waals surface area contributed by atoms with E-state index in [1.54, 1.807) is 12.1 Å². The Morgan fingerprint density at radius 1 is 1.32 bits per heavy atom. The van der Waals surface area contributed by atoms with Gasteiger partial charge in [0.2, 0.25) is 10.0 Å². The summed E-state index contributed by atoms with van der Waals surface area (Å²) < 4.78 is 32.0. The number of hydrogen-bond acceptors (Lipinski definition) is 4. The van der Waals surface area contributed by atoms with E-state index in [4.69, 9.17) is 10.00 Å². The summed E-state index contributed by atoms with van der Waals surface area (Å²) in [6.45, 7) is 4.38. The molecule has 1 heterocycles. The third-order valence-corrected chi connectivity index (χ3v) is 4.81. The summed E-state index contributed by atoms with van der Waals surface area (Å²) in [7, 11) is -3.56. The topological polar surface area (TPSA) is 70.4 Å². The van der Waals surface area contributed by atoms with E-state index in [0.717, 1.165) is 0 Å². The molecular formula is C13H16N2O3S. The molecule has 2 rings (SSSR count). The first kappa shape index (κ1) is 14.0. The Hall–Kier alpha value is -1.42. The highest BCUT2D eigenvalue weighted by atomic mass is 32.2. The minimum Gasteiger partial charge on any atom is -0.373 e. The van der Waals surface area contributed by atoms with Gasteiger partial charge in [0, 0.05) is 13.1 Å². The molecule has 1 saturated heterocycles. The smallest absolute Gasteiger partial charge is 0.243 e. The molecular weight excluding hydrogens is 264 g/mol. The van der Waals surface area contributed by atoms with E-state index in [2.05, 4.69) is 0 Å². The summed E-state index contributed by atoms with van der Waals surface area (Å²) in [6, 6.07) is 8.04. The second-order valence-corrected chi connectivity index (χ2v) is 6.66. The van der Waals surface area contributed by atoms with Crippen molar-refractivity contribution >= 4 is 10.0 Å². The molecule has 1 aliphatic heterocycles. The van der Waals surface area contributed by atoms with Gasteiger partial charge in [-0.3, -0.25) is 0 Å². The fourth-order valence-electron chi connectivity index (χ4n) is 2.20. The van der Waals surface area contributed by atoms with Gasteiger partial charge in [-0.15, -0.1) is 0 Å². The first-order chi connectivity index (χ1) is 8.93. The van der Waals surface area contributed by atoms with Crippen LogP contribution in [0.2, 0.25) is 0 Å². The highest BCUT2D eigenvalue weighted by Gasteiger charge is 2.32. The van der Waals surface area contributed by atoms with Crippen LogP contribution in [0.5, 0.6) is 0 Å². The van der Waals surface area contributed by atoms with E-state index in [0.29, 0.717) is 18.7 Å². The maximum absolute atomic E-state index is 12.5. The molecule has 0 unspecified atom stereocenters. The van der Waals surface area contributed by atoms with Gasteiger partial charge in [0.1, 0.15) is 0 Å². The van der Waals surface area contributed by atoms with E-state index >= 15 is 0 Å². The van der Waals surface area contributed by atoms with E-state index < -0.39 is 10.0 Å². The van der Waals surface area contributed by atoms with Crippen LogP contribution in [0.1, 0.15) is 19.4 Å². The van der Waals surface area contributed by atoms with Crippen LogP contribution in [0, 0.1) is 11.3 Å². The van der Waals surface area contributed by atoms with Crippen molar-refractivity contribution in [3.05, 3.63) is 29.8 Å². The van der Waals surface area contributed by atoms with Gasteiger partial charge >= 0.3 is 0 Å². The monoisotopic (exact) mass is 280 g/mol. The van der Waals surface area contributed by atoms with E-state index in [-0.39, 0.29) is 17.1 Å². The molecule has 0 aliphatic carbocycles. The standard InChI is InChI=1S/C13H16N2O3S/c1-10-8-15(9-11(2)18-10)19(16,17)13-5-3-4-12(6-13)7-14/h3-6,10-11H,8-9H2,1-2H3/t10-,11+. The molecule has 102 valence electrons. The number of hydrogen-bond donors (Lipinski definition) is 0. The van der Waals surface area contributed by atoms with Crippen LogP contribution in [-0.2, 0) is 14.8 Å². The molecule has 0 bridgehead atoms. The van der Waals surface area contributed by atoms with Crippen molar-refractivity contribution in [1.82, 2.24) is 4.31 Å². The quantitative estimate of drug-likeness (QED) is 0.820. The SMILES string of the molecule is C[C@@H]1CN(S(=O)(=O)c2cccc(C#N)c2)C[C@H](C)O1. The third-order valence-electron chi connectivity index (χ3n) is 2.99.